The number of amides is 1. The molecule has 1 aromatic carbocycles. The van der Waals surface area contributed by atoms with E-state index in [1.54, 1.807) is 6.92 Å². The van der Waals surface area contributed by atoms with Crippen molar-refractivity contribution in [3.63, 3.8) is 0 Å². The van der Waals surface area contributed by atoms with Crippen LogP contribution >= 0.6 is 0 Å². The lowest BCUT2D eigenvalue weighted by Crippen LogP contribution is -2.63. The Morgan fingerprint density at radius 1 is 1.31 bits per heavy atom. The highest BCUT2D eigenvalue weighted by Gasteiger charge is 2.45. The van der Waals surface area contributed by atoms with Crippen molar-refractivity contribution in [2.24, 2.45) is 0 Å². The Morgan fingerprint density at radius 2 is 2.00 bits per heavy atom. The van der Waals surface area contributed by atoms with Crippen LogP contribution in [0.1, 0.15) is 49.3 Å². The molecule has 1 aliphatic rings. The van der Waals surface area contributed by atoms with Gasteiger partial charge in [-0.3, -0.25) is 15.2 Å². The third-order valence-corrected chi connectivity index (χ3v) is 7.00. The second kappa shape index (κ2) is 8.85. The molecule has 1 fully saturated rings. The molecular weight excluding hydrogens is 435 g/mol. The molecule has 0 radical (unpaired) electrons. The molecule has 0 atom stereocenters. The van der Waals surface area contributed by atoms with Crippen LogP contribution in [0.25, 0.3) is 0 Å². The number of ether oxygens (including phenoxy) is 1. The van der Waals surface area contributed by atoms with Gasteiger partial charge in [0.05, 0.1) is 40.6 Å². The van der Waals surface area contributed by atoms with Gasteiger partial charge in [-0.05, 0) is 52.0 Å². The van der Waals surface area contributed by atoms with Crippen molar-refractivity contribution < 1.29 is 22.3 Å². The molecular formula is C22H27FN4O4S. The predicted molar refractivity (Wildman–Crippen MR) is 121 cm³/mol. The van der Waals surface area contributed by atoms with E-state index >= 15 is 0 Å². The first-order valence-electron chi connectivity index (χ1n) is 10.2. The molecule has 3 rings (SSSR count). The molecule has 3 N–H and O–H groups in total. The zero-order chi connectivity index (χ0) is 23.7. The van der Waals surface area contributed by atoms with Crippen molar-refractivity contribution in [1.29, 1.82) is 5.41 Å². The maximum atomic E-state index is 14.5. The van der Waals surface area contributed by atoms with Crippen LogP contribution in [0, 0.1) is 11.2 Å². The Labute approximate surface area is 187 Å². The molecule has 0 unspecified atom stereocenters. The summed E-state index contributed by atoms with van der Waals surface area (Å²) in [6.07, 6.45) is 1.30. The van der Waals surface area contributed by atoms with Gasteiger partial charge in [0.2, 0.25) is 0 Å². The molecule has 172 valence electrons. The standard InChI is InChI=1S/C22H27FN4O4S/c1-5-31-15-6-7-17(23)16(9-15)19(24)20-18(26-13(2)3)8-14(10-25-20)21(28)27-22(4)11-32(29,30)12-22/h6-10,13,24,26H,5,11-12H2,1-4H3,(H,27,28). The van der Waals surface area contributed by atoms with Crippen molar-refractivity contribution >= 4 is 27.1 Å². The van der Waals surface area contributed by atoms with Gasteiger partial charge >= 0.3 is 0 Å². The number of rotatable bonds is 8. The number of carbonyl (C=O) groups excluding carboxylic acids is 1. The van der Waals surface area contributed by atoms with Crippen LogP contribution in [-0.2, 0) is 9.84 Å². The van der Waals surface area contributed by atoms with Gasteiger partial charge in [-0.15, -0.1) is 0 Å². The molecule has 1 saturated heterocycles. The van der Waals surface area contributed by atoms with Crippen LogP contribution in [0.2, 0.25) is 0 Å². The van der Waals surface area contributed by atoms with Gasteiger partial charge in [-0.25, -0.2) is 12.8 Å². The first kappa shape index (κ1) is 23.6. The van der Waals surface area contributed by atoms with Crippen LogP contribution in [0.5, 0.6) is 5.75 Å². The second-order valence-electron chi connectivity index (χ2n) is 8.42. The second-order valence-corrected chi connectivity index (χ2v) is 10.5. The highest BCUT2D eigenvalue weighted by Crippen LogP contribution is 2.26. The highest BCUT2D eigenvalue weighted by molar-refractivity contribution is 7.93. The normalized spacial score (nSPS) is 16.2. The lowest BCUT2D eigenvalue weighted by molar-refractivity contribution is 0.0916. The van der Waals surface area contributed by atoms with E-state index in [2.05, 4.69) is 15.6 Å². The molecule has 1 aliphatic heterocycles. The summed E-state index contributed by atoms with van der Waals surface area (Å²) in [6.45, 7) is 7.66. The third-order valence-electron chi connectivity index (χ3n) is 4.84. The van der Waals surface area contributed by atoms with Crippen molar-refractivity contribution in [3.05, 3.63) is 53.1 Å². The number of anilines is 1. The molecule has 32 heavy (non-hydrogen) atoms. The number of benzene rings is 1. The Bertz CT molecular complexity index is 1150. The summed E-state index contributed by atoms with van der Waals surface area (Å²) in [5.74, 6) is -0.851. The Balaban J connectivity index is 1.93. The lowest BCUT2D eigenvalue weighted by atomic mass is 10.0. The first-order chi connectivity index (χ1) is 14.9. The minimum Gasteiger partial charge on any atom is -0.494 e. The van der Waals surface area contributed by atoms with Crippen LogP contribution in [0.15, 0.2) is 30.5 Å². The molecule has 1 amide bonds. The number of pyridine rings is 1. The number of hydrogen-bond donors (Lipinski definition) is 3. The SMILES string of the molecule is CCOc1ccc(F)c(C(=N)c2ncc(C(=O)NC3(C)CS(=O)(=O)C3)cc2NC(C)C)c1. The highest BCUT2D eigenvalue weighted by atomic mass is 32.2. The van der Waals surface area contributed by atoms with E-state index < -0.39 is 27.1 Å². The molecule has 2 aromatic rings. The Kier molecular flexibility index (Phi) is 6.54. The minimum absolute atomic E-state index is 0.0274. The van der Waals surface area contributed by atoms with Gasteiger partial charge in [0.15, 0.2) is 9.84 Å². The molecule has 0 spiro atoms. The van der Waals surface area contributed by atoms with Crippen molar-refractivity contribution in [1.82, 2.24) is 10.3 Å². The largest absolute Gasteiger partial charge is 0.494 e. The van der Waals surface area contributed by atoms with E-state index in [0.717, 1.165) is 0 Å². The molecule has 0 aliphatic carbocycles. The Hall–Kier alpha value is -3.01. The number of halogens is 1. The summed E-state index contributed by atoms with van der Waals surface area (Å²) in [6, 6.07) is 5.66. The van der Waals surface area contributed by atoms with E-state index in [0.29, 0.717) is 18.0 Å². The number of nitrogens with one attached hydrogen (secondary N) is 3. The van der Waals surface area contributed by atoms with Gasteiger partial charge in [-0.2, -0.15) is 0 Å². The van der Waals surface area contributed by atoms with Crippen molar-refractivity contribution in [2.45, 2.75) is 39.3 Å². The zero-order valence-electron chi connectivity index (χ0n) is 18.5. The van der Waals surface area contributed by atoms with Gasteiger partial charge in [0.25, 0.3) is 5.91 Å². The zero-order valence-corrected chi connectivity index (χ0v) is 19.3. The molecule has 10 heteroatoms. The molecule has 8 nitrogen and oxygen atoms in total. The fourth-order valence-corrected chi connectivity index (χ4v) is 5.64. The number of carbonyl (C=O) groups is 1. The fourth-order valence-electron chi connectivity index (χ4n) is 3.64. The first-order valence-corrected chi connectivity index (χ1v) is 12.1. The van der Waals surface area contributed by atoms with Crippen LogP contribution in [0.4, 0.5) is 10.1 Å². The van der Waals surface area contributed by atoms with Crippen LogP contribution < -0.4 is 15.4 Å². The summed E-state index contributed by atoms with van der Waals surface area (Å²) >= 11 is 0. The summed E-state index contributed by atoms with van der Waals surface area (Å²) in [4.78, 5) is 17.0. The van der Waals surface area contributed by atoms with E-state index in [1.165, 1.54) is 30.5 Å². The van der Waals surface area contributed by atoms with Crippen LogP contribution in [-0.4, -0.2) is 54.7 Å². The average Bonchev–Trinajstić information content (AvgIpc) is 2.66. The third kappa shape index (κ3) is 5.24. The molecule has 0 saturated carbocycles. The van der Waals surface area contributed by atoms with E-state index in [9.17, 15) is 17.6 Å². The fraction of sp³-hybridized carbons (Fsp3) is 0.409. The van der Waals surface area contributed by atoms with Gasteiger partial charge in [-0.1, -0.05) is 0 Å². The van der Waals surface area contributed by atoms with Gasteiger partial charge in [0, 0.05) is 17.8 Å². The van der Waals surface area contributed by atoms with Crippen LogP contribution in [0.3, 0.4) is 0 Å². The number of nitrogens with zero attached hydrogens (tertiary/aromatic N) is 1. The smallest absolute Gasteiger partial charge is 0.253 e. The van der Waals surface area contributed by atoms with E-state index in [-0.39, 0.29) is 40.1 Å². The van der Waals surface area contributed by atoms with Crippen molar-refractivity contribution in [2.75, 3.05) is 23.4 Å². The van der Waals surface area contributed by atoms with Gasteiger partial charge < -0.3 is 15.4 Å². The maximum Gasteiger partial charge on any atom is 0.253 e. The summed E-state index contributed by atoms with van der Waals surface area (Å²) < 4.78 is 42.9. The molecule has 2 heterocycles. The maximum absolute atomic E-state index is 14.5. The Morgan fingerprint density at radius 3 is 2.59 bits per heavy atom. The number of hydrogen-bond acceptors (Lipinski definition) is 7. The quantitative estimate of drug-likeness (QED) is 0.519. The van der Waals surface area contributed by atoms with E-state index in [4.69, 9.17) is 10.1 Å². The monoisotopic (exact) mass is 462 g/mol. The lowest BCUT2D eigenvalue weighted by Gasteiger charge is -2.38. The minimum atomic E-state index is -3.12. The molecule has 1 aromatic heterocycles. The predicted octanol–water partition coefficient (Wildman–Crippen LogP) is 2.77. The summed E-state index contributed by atoms with van der Waals surface area (Å²) in [7, 11) is -3.12. The van der Waals surface area contributed by atoms with Gasteiger partial charge in [0.1, 0.15) is 17.3 Å². The van der Waals surface area contributed by atoms with Crippen molar-refractivity contribution in [3.8, 4) is 5.75 Å². The average molecular weight is 463 g/mol. The summed E-state index contributed by atoms with van der Waals surface area (Å²) in [5, 5.41) is 14.5. The summed E-state index contributed by atoms with van der Waals surface area (Å²) in [5.41, 5.74) is -0.171. The number of sulfone groups is 1. The topological polar surface area (TPSA) is 121 Å². The number of aromatic nitrogens is 1. The van der Waals surface area contributed by atoms with E-state index in [1.807, 2.05) is 20.8 Å². The molecule has 0 bridgehead atoms.